The maximum atomic E-state index is 11.1. The number of likely N-dealkylation sites (N-methyl/N-ethyl adjacent to an activating group) is 1. The Bertz CT molecular complexity index is 199. The number of carboxylic acid groups (broad SMARTS) is 1. The van der Waals surface area contributed by atoms with Gasteiger partial charge in [-0.15, -0.1) is 0 Å². The number of amides is 1. The minimum Gasteiger partial charge on any atom is -0.480 e. The van der Waals surface area contributed by atoms with E-state index in [-0.39, 0.29) is 12.5 Å². The normalized spacial score (nSPS) is 12.1. The highest BCUT2D eigenvalue weighted by molar-refractivity contribution is 7.98. The van der Waals surface area contributed by atoms with E-state index in [1.807, 2.05) is 6.26 Å². The Hall–Kier alpha value is -0.750. The Morgan fingerprint density at radius 2 is 2.14 bits per heavy atom. The highest BCUT2D eigenvalue weighted by atomic mass is 32.2. The molecule has 0 aliphatic heterocycles. The summed E-state index contributed by atoms with van der Waals surface area (Å²) in [7, 11) is 1.64. The zero-order chi connectivity index (χ0) is 11.0. The van der Waals surface area contributed by atoms with Crippen molar-refractivity contribution in [2.24, 2.45) is 0 Å². The van der Waals surface area contributed by atoms with Crippen LogP contribution < -0.4 is 10.6 Å². The molecule has 1 atom stereocenters. The maximum Gasteiger partial charge on any atom is 0.326 e. The summed E-state index contributed by atoms with van der Waals surface area (Å²) in [5.41, 5.74) is 0. The third kappa shape index (κ3) is 5.82. The highest BCUT2D eigenvalue weighted by Crippen LogP contribution is 2.00. The predicted molar refractivity (Wildman–Crippen MR) is 56.5 cm³/mol. The van der Waals surface area contributed by atoms with Crippen molar-refractivity contribution in [3.63, 3.8) is 0 Å². The van der Waals surface area contributed by atoms with Gasteiger partial charge in [0.25, 0.3) is 0 Å². The lowest BCUT2D eigenvalue weighted by Crippen LogP contribution is -2.44. The van der Waals surface area contributed by atoms with Gasteiger partial charge in [-0.3, -0.25) is 4.79 Å². The third-order valence-corrected chi connectivity index (χ3v) is 2.23. The van der Waals surface area contributed by atoms with E-state index in [0.29, 0.717) is 6.42 Å². The predicted octanol–water partition coefficient (Wildman–Crippen LogP) is -0.472. The van der Waals surface area contributed by atoms with Gasteiger partial charge in [-0.1, -0.05) is 0 Å². The van der Waals surface area contributed by atoms with E-state index in [2.05, 4.69) is 10.6 Å². The number of thioether (sulfide) groups is 1. The first-order chi connectivity index (χ1) is 6.61. The van der Waals surface area contributed by atoms with Crippen LogP contribution in [-0.2, 0) is 9.59 Å². The van der Waals surface area contributed by atoms with Gasteiger partial charge < -0.3 is 15.7 Å². The summed E-state index contributed by atoms with van der Waals surface area (Å²) in [5, 5.41) is 13.9. The molecule has 0 unspecified atom stereocenters. The summed E-state index contributed by atoms with van der Waals surface area (Å²) < 4.78 is 0. The molecule has 1 amide bonds. The topological polar surface area (TPSA) is 78.4 Å². The molecule has 5 nitrogen and oxygen atoms in total. The average Bonchev–Trinajstić information content (AvgIpc) is 2.12. The average molecular weight is 220 g/mol. The smallest absolute Gasteiger partial charge is 0.326 e. The lowest BCUT2D eigenvalue weighted by atomic mass is 10.2. The van der Waals surface area contributed by atoms with Gasteiger partial charge in [0.2, 0.25) is 5.91 Å². The highest BCUT2D eigenvalue weighted by Gasteiger charge is 2.18. The number of hydrogen-bond donors (Lipinski definition) is 3. The van der Waals surface area contributed by atoms with Crippen molar-refractivity contribution in [3.05, 3.63) is 0 Å². The zero-order valence-corrected chi connectivity index (χ0v) is 9.19. The second kappa shape index (κ2) is 7.64. The Labute approximate surface area is 87.6 Å². The van der Waals surface area contributed by atoms with Crippen LogP contribution in [0, 0.1) is 0 Å². The summed E-state index contributed by atoms with van der Waals surface area (Å²) in [6, 6.07) is -0.775. The molecule has 0 aromatic rings. The lowest BCUT2D eigenvalue weighted by Gasteiger charge is -2.13. The molecular weight excluding hydrogens is 204 g/mol. The van der Waals surface area contributed by atoms with Gasteiger partial charge in [0, 0.05) is 0 Å². The van der Waals surface area contributed by atoms with Crippen LogP contribution in [0.3, 0.4) is 0 Å². The van der Waals surface area contributed by atoms with Crippen LogP contribution in [0.4, 0.5) is 0 Å². The quantitative estimate of drug-likeness (QED) is 0.540. The summed E-state index contributed by atoms with van der Waals surface area (Å²) in [6.45, 7) is 0.142. The van der Waals surface area contributed by atoms with E-state index in [0.717, 1.165) is 5.75 Å². The molecule has 0 bridgehead atoms. The molecule has 0 aromatic heterocycles. The summed E-state index contributed by atoms with van der Waals surface area (Å²) in [6.07, 6.45) is 2.35. The van der Waals surface area contributed by atoms with Crippen molar-refractivity contribution in [1.29, 1.82) is 0 Å². The van der Waals surface area contributed by atoms with Gasteiger partial charge in [-0.2, -0.15) is 11.8 Å². The molecule has 0 aliphatic rings. The van der Waals surface area contributed by atoms with Gasteiger partial charge in [-0.25, -0.2) is 4.79 Å². The molecule has 0 fully saturated rings. The number of hydrogen-bond acceptors (Lipinski definition) is 4. The molecule has 0 rings (SSSR count). The van der Waals surface area contributed by atoms with E-state index >= 15 is 0 Å². The van der Waals surface area contributed by atoms with E-state index in [1.165, 1.54) is 0 Å². The number of carbonyl (C=O) groups is 2. The van der Waals surface area contributed by atoms with Crippen molar-refractivity contribution in [3.8, 4) is 0 Å². The Morgan fingerprint density at radius 3 is 2.57 bits per heavy atom. The van der Waals surface area contributed by atoms with Gasteiger partial charge in [0.15, 0.2) is 0 Å². The Morgan fingerprint density at radius 1 is 1.50 bits per heavy atom. The van der Waals surface area contributed by atoms with Crippen molar-refractivity contribution >= 4 is 23.6 Å². The molecule has 0 heterocycles. The number of carbonyl (C=O) groups excluding carboxylic acids is 1. The Balaban J connectivity index is 3.95. The second-order valence-corrected chi connectivity index (χ2v) is 3.76. The molecule has 0 saturated heterocycles. The first kappa shape index (κ1) is 13.2. The van der Waals surface area contributed by atoms with Crippen molar-refractivity contribution < 1.29 is 14.7 Å². The molecule has 0 saturated carbocycles. The van der Waals surface area contributed by atoms with Crippen LogP contribution in [0.2, 0.25) is 0 Å². The van der Waals surface area contributed by atoms with Crippen LogP contribution in [0.5, 0.6) is 0 Å². The van der Waals surface area contributed by atoms with E-state index in [9.17, 15) is 9.59 Å². The van der Waals surface area contributed by atoms with Crippen LogP contribution in [0.25, 0.3) is 0 Å². The van der Waals surface area contributed by atoms with Crippen LogP contribution >= 0.6 is 11.8 Å². The third-order valence-electron chi connectivity index (χ3n) is 1.58. The molecule has 3 N–H and O–H groups in total. The molecule has 14 heavy (non-hydrogen) atoms. The number of nitrogens with one attached hydrogen (secondary N) is 2. The van der Waals surface area contributed by atoms with Crippen LogP contribution in [-0.4, -0.2) is 48.6 Å². The van der Waals surface area contributed by atoms with Crippen LogP contribution in [0.1, 0.15) is 6.42 Å². The number of carboxylic acids is 1. The molecule has 82 valence electrons. The fraction of sp³-hybridized carbons (Fsp3) is 0.750. The Kier molecular flexibility index (Phi) is 7.23. The molecule has 0 spiro atoms. The first-order valence-corrected chi connectivity index (χ1v) is 5.67. The minimum atomic E-state index is -0.983. The standard InChI is InChI=1S/C8H16N2O3S/c1-9-5-7(11)10-6(8(12)13)3-4-14-2/h6,9H,3-5H2,1-2H3,(H,10,11)(H,12,13)/t6-/m0/s1. The second-order valence-electron chi connectivity index (χ2n) is 2.77. The summed E-state index contributed by atoms with van der Waals surface area (Å²) in [5.74, 6) is -0.555. The van der Waals surface area contributed by atoms with E-state index < -0.39 is 12.0 Å². The van der Waals surface area contributed by atoms with Gasteiger partial charge in [0.05, 0.1) is 6.54 Å². The fourth-order valence-electron chi connectivity index (χ4n) is 0.899. The minimum absolute atomic E-state index is 0.142. The largest absolute Gasteiger partial charge is 0.480 e. The van der Waals surface area contributed by atoms with Gasteiger partial charge >= 0.3 is 5.97 Å². The first-order valence-electron chi connectivity index (χ1n) is 4.27. The van der Waals surface area contributed by atoms with Gasteiger partial charge in [0.1, 0.15) is 6.04 Å². The van der Waals surface area contributed by atoms with Crippen molar-refractivity contribution in [2.75, 3.05) is 25.6 Å². The SMILES string of the molecule is CNCC(=O)N[C@@H](CCSC)C(=O)O. The zero-order valence-electron chi connectivity index (χ0n) is 8.37. The fourth-order valence-corrected chi connectivity index (χ4v) is 1.37. The molecule has 0 aromatic carbocycles. The molecule has 0 radical (unpaired) electrons. The molecular formula is C8H16N2O3S. The van der Waals surface area contributed by atoms with E-state index in [4.69, 9.17) is 5.11 Å². The van der Waals surface area contributed by atoms with Crippen molar-refractivity contribution in [2.45, 2.75) is 12.5 Å². The lowest BCUT2D eigenvalue weighted by molar-refractivity contribution is -0.141. The van der Waals surface area contributed by atoms with E-state index in [1.54, 1.807) is 18.8 Å². The van der Waals surface area contributed by atoms with Crippen LogP contribution in [0.15, 0.2) is 0 Å². The van der Waals surface area contributed by atoms with Crippen molar-refractivity contribution in [1.82, 2.24) is 10.6 Å². The molecule has 6 heteroatoms. The molecule has 0 aliphatic carbocycles. The summed E-state index contributed by atoms with van der Waals surface area (Å²) in [4.78, 5) is 21.8. The maximum absolute atomic E-state index is 11.1. The number of rotatable bonds is 7. The monoisotopic (exact) mass is 220 g/mol. The van der Waals surface area contributed by atoms with Gasteiger partial charge in [-0.05, 0) is 25.5 Å². The summed E-state index contributed by atoms with van der Waals surface area (Å²) >= 11 is 1.56. The number of aliphatic carboxylic acids is 1.